The number of carbonyl (C=O) groups excluding carboxylic acids is 1. The molecule has 2 aromatic heterocycles. The van der Waals surface area contributed by atoms with Crippen LogP contribution < -0.4 is 5.73 Å². The Kier molecular flexibility index (Phi) is 5.02. The number of carbonyl (C=O) groups is 1. The highest BCUT2D eigenvalue weighted by Gasteiger charge is 2.36. The van der Waals surface area contributed by atoms with E-state index in [1.165, 1.54) is 11.0 Å². The highest BCUT2D eigenvalue weighted by molar-refractivity contribution is 5.99. The number of nitrogens with two attached hydrogens (primary N) is 1. The molecule has 0 spiro atoms. The Morgan fingerprint density at radius 2 is 1.97 bits per heavy atom. The van der Waals surface area contributed by atoms with E-state index in [0.29, 0.717) is 29.1 Å². The first kappa shape index (κ1) is 21.6. The molecule has 0 saturated heterocycles. The average Bonchev–Trinajstić information content (AvgIpc) is 3.19. The van der Waals surface area contributed by atoms with Crippen LogP contribution in [0.5, 0.6) is 0 Å². The molecule has 0 aliphatic carbocycles. The molecular formula is C23H21F3N4O3. The van der Waals surface area contributed by atoms with Gasteiger partial charge in [0.1, 0.15) is 11.5 Å². The number of pyridine rings is 2. The van der Waals surface area contributed by atoms with Crippen LogP contribution in [0.1, 0.15) is 57.5 Å². The number of fused-ring (bicyclic) bond motifs is 4. The van der Waals surface area contributed by atoms with Crippen LogP contribution in [-0.4, -0.2) is 34.4 Å². The number of hydrogen-bond acceptors (Lipinski definition) is 6. The van der Waals surface area contributed by atoms with E-state index < -0.39 is 17.9 Å². The van der Waals surface area contributed by atoms with Crippen LogP contribution in [0.4, 0.5) is 19.0 Å². The second-order valence-electron chi connectivity index (χ2n) is 8.25. The first-order valence-corrected chi connectivity index (χ1v) is 10.4. The summed E-state index contributed by atoms with van der Waals surface area (Å²) in [5, 5.41) is 0.791. The van der Waals surface area contributed by atoms with Gasteiger partial charge in [-0.1, -0.05) is 6.07 Å². The molecule has 0 saturated carbocycles. The maximum atomic E-state index is 13.3. The van der Waals surface area contributed by atoms with Crippen molar-refractivity contribution in [3.8, 4) is 0 Å². The summed E-state index contributed by atoms with van der Waals surface area (Å²) in [6.45, 7) is 2.40. The van der Waals surface area contributed by atoms with Crippen LogP contribution in [0.3, 0.4) is 0 Å². The number of nitrogens with zero attached hydrogens (tertiary/aromatic N) is 3. The SMILES string of the molecule is C[C@H]1OCc2c1c(N)nc1ccc(C(=O)N(C)[C@@H]3COCc4nc(C(F)(F)F)ccc43)cc21. The summed E-state index contributed by atoms with van der Waals surface area (Å²) in [5.74, 6) is 0.121. The van der Waals surface area contributed by atoms with E-state index in [2.05, 4.69) is 9.97 Å². The number of anilines is 1. The zero-order chi connectivity index (χ0) is 23.5. The summed E-state index contributed by atoms with van der Waals surface area (Å²) in [5.41, 5.74) is 8.68. The molecule has 10 heteroatoms. The van der Waals surface area contributed by atoms with Crippen LogP contribution >= 0.6 is 0 Å². The molecule has 7 nitrogen and oxygen atoms in total. The molecule has 2 atom stereocenters. The van der Waals surface area contributed by atoms with Crippen LogP contribution in [0.25, 0.3) is 10.9 Å². The highest BCUT2D eigenvalue weighted by atomic mass is 19.4. The molecule has 0 radical (unpaired) electrons. The Labute approximate surface area is 187 Å². The number of amides is 1. The number of benzene rings is 1. The van der Waals surface area contributed by atoms with Gasteiger partial charge in [-0.15, -0.1) is 0 Å². The van der Waals surface area contributed by atoms with Crippen molar-refractivity contribution in [3.05, 3.63) is 64.0 Å². The fraction of sp³-hybridized carbons (Fsp3) is 0.348. The van der Waals surface area contributed by atoms with Crippen molar-refractivity contribution in [2.24, 2.45) is 0 Å². The quantitative estimate of drug-likeness (QED) is 0.620. The van der Waals surface area contributed by atoms with Crippen molar-refractivity contribution in [2.45, 2.75) is 38.5 Å². The third-order valence-corrected chi connectivity index (χ3v) is 6.26. The van der Waals surface area contributed by atoms with Gasteiger partial charge in [0.25, 0.3) is 5.91 Å². The minimum Gasteiger partial charge on any atom is -0.383 e. The molecular weight excluding hydrogens is 437 g/mol. The highest BCUT2D eigenvalue weighted by Crippen LogP contribution is 2.39. The first-order chi connectivity index (χ1) is 15.6. The van der Waals surface area contributed by atoms with Gasteiger partial charge in [0.15, 0.2) is 0 Å². The number of alkyl halides is 3. The van der Waals surface area contributed by atoms with Gasteiger partial charge in [-0.2, -0.15) is 13.2 Å². The molecule has 33 heavy (non-hydrogen) atoms. The summed E-state index contributed by atoms with van der Waals surface area (Å²) in [6.07, 6.45) is -4.72. The van der Waals surface area contributed by atoms with Gasteiger partial charge in [-0.25, -0.2) is 9.97 Å². The Bertz CT molecular complexity index is 1280. The van der Waals surface area contributed by atoms with E-state index >= 15 is 0 Å². The summed E-state index contributed by atoms with van der Waals surface area (Å²) in [4.78, 5) is 23.0. The molecule has 3 aromatic rings. The van der Waals surface area contributed by atoms with E-state index in [-0.39, 0.29) is 30.9 Å². The van der Waals surface area contributed by atoms with Gasteiger partial charge in [0.05, 0.1) is 43.2 Å². The van der Waals surface area contributed by atoms with Crippen LogP contribution in [0.15, 0.2) is 30.3 Å². The maximum Gasteiger partial charge on any atom is 0.433 e. The number of halogens is 3. The number of hydrogen-bond donors (Lipinski definition) is 1. The lowest BCUT2D eigenvalue weighted by atomic mass is 9.98. The molecule has 0 fully saturated rings. The van der Waals surface area contributed by atoms with E-state index in [1.54, 1.807) is 25.2 Å². The normalized spacial score (nSPS) is 19.9. The van der Waals surface area contributed by atoms with Crippen molar-refractivity contribution >= 4 is 22.6 Å². The van der Waals surface area contributed by atoms with Crippen LogP contribution in [-0.2, 0) is 28.9 Å². The third-order valence-electron chi connectivity index (χ3n) is 6.26. The lowest BCUT2D eigenvalue weighted by Crippen LogP contribution is -2.36. The Morgan fingerprint density at radius 1 is 1.18 bits per heavy atom. The first-order valence-electron chi connectivity index (χ1n) is 10.4. The van der Waals surface area contributed by atoms with Gasteiger partial charge < -0.3 is 20.1 Å². The second kappa shape index (κ2) is 7.67. The van der Waals surface area contributed by atoms with Gasteiger partial charge in [-0.05, 0) is 36.8 Å². The largest absolute Gasteiger partial charge is 0.433 e. The van der Waals surface area contributed by atoms with Crippen molar-refractivity contribution in [2.75, 3.05) is 19.4 Å². The average molecular weight is 458 g/mol. The molecule has 1 aromatic carbocycles. The lowest BCUT2D eigenvalue weighted by Gasteiger charge is -2.33. The smallest absolute Gasteiger partial charge is 0.383 e. The van der Waals surface area contributed by atoms with E-state index in [9.17, 15) is 18.0 Å². The summed E-state index contributed by atoms with van der Waals surface area (Å²) >= 11 is 0. The molecule has 0 bridgehead atoms. The molecule has 4 heterocycles. The number of aromatic nitrogens is 2. The van der Waals surface area contributed by atoms with Crippen molar-refractivity contribution < 1.29 is 27.4 Å². The number of rotatable bonds is 2. The second-order valence-corrected chi connectivity index (χ2v) is 8.25. The molecule has 0 unspecified atom stereocenters. The van der Waals surface area contributed by atoms with Gasteiger partial charge >= 0.3 is 6.18 Å². The molecule has 2 N–H and O–H groups in total. The van der Waals surface area contributed by atoms with Gasteiger partial charge in [-0.3, -0.25) is 4.79 Å². The minimum atomic E-state index is -4.55. The maximum absolute atomic E-state index is 13.3. The third kappa shape index (κ3) is 3.59. The lowest BCUT2D eigenvalue weighted by molar-refractivity contribution is -0.141. The standard InChI is InChI=1S/C23H21F3N4O3/c1-11-20-15(8-33-11)14-7-12(3-5-16(14)29-21(20)27)22(31)30(2)18-10-32-9-17-13(18)4-6-19(28-17)23(24,25)26/h3-7,11,18H,8-10H2,1-2H3,(H2,27,29)/t11-,18-/m1/s1. The predicted molar refractivity (Wildman–Crippen MR) is 113 cm³/mol. The predicted octanol–water partition coefficient (Wildman–Crippen LogP) is 4.17. The van der Waals surface area contributed by atoms with E-state index in [0.717, 1.165) is 22.6 Å². The molecule has 172 valence electrons. The molecule has 2 aliphatic heterocycles. The van der Waals surface area contributed by atoms with Crippen molar-refractivity contribution in [3.63, 3.8) is 0 Å². The number of ether oxygens (including phenoxy) is 2. The Hall–Kier alpha value is -3.24. The van der Waals surface area contributed by atoms with E-state index in [4.69, 9.17) is 15.2 Å². The fourth-order valence-corrected chi connectivity index (χ4v) is 4.51. The van der Waals surface area contributed by atoms with Crippen LogP contribution in [0.2, 0.25) is 0 Å². The molecule has 5 rings (SSSR count). The van der Waals surface area contributed by atoms with Crippen molar-refractivity contribution in [1.82, 2.24) is 14.9 Å². The summed E-state index contributed by atoms with van der Waals surface area (Å²) in [7, 11) is 1.60. The zero-order valence-corrected chi connectivity index (χ0v) is 17.9. The topological polar surface area (TPSA) is 90.6 Å². The Balaban J connectivity index is 1.49. The molecule has 1 amide bonds. The van der Waals surface area contributed by atoms with E-state index in [1.807, 2.05) is 6.92 Å². The van der Waals surface area contributed by atoms with Gasteiger partial charge in [0, 0.05) is 29.1 Å². The van der Waals surface area contributed by atoms with Gasteiger partial charge in [0.2, 0.25) is 0 Å². The summed E-state index contributed by atoms with van der Waals surface area (Å²) in [6, 6.07) is 6.90. The van der Waals surface area contributed by atoms with Crippen LogP contribution in [0, 0.1) is 0 Å². The summed E-state index contributed by atoms with van der Waals surface area (Å²) < 4.78 is 50.3. The zero-order valence-electron chi connectivity index (χ0n) is 17.9. The molecule has 2 aliphatic rings. The van der Waals surface area contributed by atoms with Crippen molar-refractivity contribution in [1.29, 1.82) is 0 Å². The fourth-order valence-electron chi connectivity index (χ4n) is 4.51. The number of nitrogen functional groups attached to an aromatic ring is 1. The number of likely N-dealkylation sites (N-methyl/N-ethyl adjacent to an activating group) is 1. The minimum absolute atomic E-state index is 0.0365. The monoisotopic (exact) mass is 458 g/mol. The Morgan fingerprint density at radius 3 is 2.73 bits per heavy atom.